The molecule has 2 fully saturated rings. The molecule has 1 aliphatic heterocycles. The average molecular weight is 170 g/mol. The van der Waals surface area contributed by atoms with E-state index >= 15 is 0 Å². The monoisotopic (exact) mass is 170 g/mol. The maximum absolute atomic E-state index is 11.0. The molecule has 0 unspecified atom stereocenters. The van der Waals surface area contributed by atoms with Gasteiger partial charge in [0.05, 0.1) is 6.61 Å². The minimum atomic E-state index is -0.353. The van der Waals surface area contributed by atoms with Gasteiger partial charge in [0.25, 0.3) is 0 Å². The molecule has 0 bridgehead atoms. The summed E-state index contributed by atoms with van der Waals surface area (Å²) in [5.41, 5.74) is -0.511. The second kappa shape index (κ2) is 2.30. The number of hydrogen-bond acceptors (Lipinski definition) is 3. The third-order valence-electron chi connectivity index (χ3n) is 3.26. The maximum Gasteiger partial charge on any atom is 0.133 e. The van der Waals surface area contributed by atoms with E-state index < -0.39 is 0 Å². The van der Waals surface area contributed by atoms with Crippen LogP contribution >= 0.6 is 0 Å². The van der Waals surface area contributed by atoms with Crippen molar-refractivity contribution in [1.29, 1.82) is 0 Å². The van der Waals surface area contributed by atoms with E-state index in [1.54, 1.807) is 0 Å². The number of ketones is 1. The fraction of sp³-hybridized carbons (Fsp3) is 0.889. The summed E-state index contributed by atoms with van der Waals surface area (Å²) < 4.78 is 5.53. The molecule has 0 radical (unpaired) electrons. The molecule has 1 saturated heterocycles. The number of aliphatic hydroxyl groups is 1. The summed E-state index contributed by atoms with van der Waals surface area (Å²) in [6, 6.07) is 0. The van der Waals surface area contributed by atoms with Crippen LogP contribution in [0.5, 0.6) is 0 Å². The third kappa shape index (κ3) is 0.930. The number of ether oxygens (including phenoxy) is 1. The van der Waals surface area contributed by atoms with E-state index in [1.807, 2.05) is 6.92 Å². The minimum Gasteiger partial charge on any atom is -0.393 e. The van der Waals surface area contributed by atoms with Crippen molar-refractivity contribution in [2.75, 3.05) is 6.61 Å². The molecule has 1 saturated carbocycles. The van der Waals surface area contributed by atoms with Gasteiger partial charge >= 0.3 is 0 Å². The summed E-state index contributed by atoms with van der Waals surface area (Å²) in [4.78, 5) is 11.0. The molecule has 0 aromatic rings. The lowest BCUT2D eigenvalue weighted by Crippen LogP contribution is -2.31. The molecule has 1 aliphatic carbocycles. The van der Waals surface area contributed by atoms with Crippen molar-refractivity contribution in [2.24, 2.45) is 0 Å². The van der Waals surface area contributed by atoms with Gasteiger partial charge in [-0.1, -0.05) is 0 Å². The van der Waals surface area contributed by atoms with Gasteiger partial charge in [0.1, 0.15) is 17.0 Å². The molecule has 0 amide bonds. The fourth-order valence-electron chi connectivity index (χ4n) is 2.15. The van der Waals surface area contributed by atoms with E-state index in [0.717, 1.165) is 12.8 Å². The highest BCUT2D eigenvalue weighted by Crippen LogP contribution is 2.55. The van der Waals surface area contributed by atoms with Crippen LogP contribution < -0.4 is 0 Å². The minimum absolute atomic E-state index is 0.0706. The van der Waals surface area contributed by atoms with Crippen molar-refractivity contribution >= 4 is 5.78 Å². The lowest BCUT2D eigenvalue weighted by Gasteiger charge is -2.19. The van der Waals surface area contributed by atoms with Gasteiger partial charge in [-0.3, -0.25) is 4.79 Å². The number of rotatable bonds is 1. The van der Waals surface area contributed by atoms with Crippen LogP contribution in [0.2, 0.25) is 0 Å². The lowest BCUT2D eigenvalue weighted by atomic mass is 9.80. The Labute approximate surface area is 71.7 Å². The predicted molar refractivity (Wildman–Crippen MR) is 42.8 cm³/mol. The Kier molecular flexibility index (Phi) is 1.57. The summed E-state index contributed by atoms with van der Waals surface area (Å²) >= 11 is 0. The number of epoxide rings is 1. The molecule has 3 nitrogen and oxygen atoms in total. The standard InChI is InChI=1S/C9H14O3/c1-8(6-10)9(12-8)4-2-7(11)3-5-9/h10H,2-6H2,1H3/t8-/m1/s1. The molecule has 12 heavy (non-hydrogen) atoms. The highest BCUT2D eigenvalue weighted by Gasteiger charge is 2.66. The van der Waals surface area contributed by atoms with Gasteiger partial charge in [-0.05, 0) is 19.8 Å². The second-order valence-electron chi connectivity index (χ2n) is 4.02. The maximum atomic E-state index is 11.0. The number of aliphatic hydroxyl groups excluding tert-OH is 1. The molecule has 3 heteroatoms. The van der Waals surface area contributed by atoms with Crippen LogP contribution in [-0.4, -0.2) is 28.7 Å². The quantitative estimate of drug-likeness (QED) is 0.588. The van der Waals surface area contributed by atoms with Crippen molar-refractivity contribution in [2.45, 2.75) is 43.8 Å². The average Bonchev–Trinajstić information content (AvgIpc) is 2.65. The van der Waals surface area contributed by atoms with Crippen molar-refractivity contribution in [3.8, 4) is 0 Å². The molecule has 2 aliphatic rings. The van der Waals surface area contributed by atoms with Gasteiger partial charge in [0.15, 0.2) is 0 Å². The summed E-state index contributed by atoms with van der Waals surface area (Å²) in [7, 11) is 0. The van der Waals surface area contributed by atoms with E-state index in [1.165, 1.54) is 0 Å². The van der Waals surface area contributed by atoms with Gasteiger partial charge < -0.3 is 9.84 Å². The highest BCUT2D eigenvalue weighted by atomic mass is 16.6. The van der Waals surface area contributed by atoms with E-state index in [0.29, 0.717) is 18.6 Å². The molecule has 68 valence electrons. The van der Waals surface area contributed by atoms with Gasteiger partial charge in [-0.25, -0.2) is 0 Å². The van der Waals surface area contributed by atoms with Crippen LogP contribution in [0.25, 0.3) is 0 Å². The summed E-state index contributed by atoms with van der Waals surface area (Å²) in [6.07, 6.45) is 2.83. The zero-order valence-electron chi connectivity index (χ0n) is 7.30. The molecule has 1 atom stereocenters. The first kappa shape index (κ1) is 8.20. The van der Waals surface area contributed by atoms with Gasteiger partial charge in [-0.15, -0.1) is 0 Å². The van der Waals surface area contributed by atoms with Gasteiger partial charge in [0, 0.05) is 12.8 Å². The Morgan fingerprint density at radius 3 is 2.50 bits per heavy atom. The van der Waals surface area contributed by atoms with E-state index in [4.69, 9.17) is 9.84 Å². The third-order valence-corrected chi connectivity index (χ3v) is 3.26. The molecule has 1 N–H and O–H groups in total. The molecule has 1 spiro atoms. The van der Waals surface area contributed by atoms with Crippen LogP contribution in [0.4, 0.5) is 0 Å². The highest BCUT2D eigenvalue weighted by molar-refractivity contribution is 5.79. The van der Waals surface area contributed by atoms with Crippen LogP contribution in [0, 0.1) is 0 Å². The summed E-state index contributed by atoms with van der Waals surface area (Å²) in [5.74, 6) is 0.330. The predicted octanol–water partition coefficient (Wildman–Crippen LogP) is 0.649. The van der Waals surface area contributed by atoms with E-state index in [-0.39, 0.29) is 17.8 Å². The molecule has 0 aromatic heterocycles. The first-order chi connectivity index (χ1) is 5.62. The Bertz CT molecular complexity index is 214. The largest absolute Gasteiger partial charge is 0.393 e. The van der Waals surface area contributed by atoms with Crippen molar-refractivity contribution < 1.29 is 14.6 Å². The number of carbonyl (C=O) groups is 1. The van der Waals surface area contributed by atoms with Crippen molar-refractivity contribution in [3.63, 3.8) is 0 Å². The zero-order valence-corrected chi connectivity index (χ0v) is 7.30. The topological polar surface area (TPSA) is 49.8 Å². The first-order valence-corrected chi connectivity index (χ1v) is 4.45. The molecular formula is C9H14O3. The number of hydrogen-bond donors (Lipinski definition) is 1. The van der Waals surface area contributed by atoms with E-state index in [2.05, 4.69) is 0 Å². The van der Waals surface area contributed by atoms with Crippen LogP contribution in [0.15, 0.2) is 0 Å². The summed E-state index contributed by atoms with van der Waals surface area (Å²) in [5, 5.41) is 9.04. The van der Waals surface area contributed by atoms with Gasteiger partial charge in [0.2, 0.25) is 0 Å². The van der Waals surface area contributed by atoms with Crippen molar-refractivity contribution in [3.05, 3.63) is 0 Å². The fourth-order valence-corrected chi connectivity index (χ4v) is 2.15. The molecule has 1 heterocycles. The Morgan fingerprint density at radius 2 is 2.08 bits per heavy atom. The van der Waals surface area contributed by atoms with Crippen LogP contribution in [0.3, 0.4) is 0 Å². The lowest BCUT2D eigenvalue weighted by molar-refractivity contribution is -0.121. The molecule has 0 aromatic carbocycles. The van der Waals surface area contributed by atoms with Crippen LogP contribution in [-0.2, 0) is 9.53 Å². The number of carbonyl (C=O) groups excluding carboxylic acids is 1. The second-order valence-corrected chi connectivity index (χ2v) is 4.02. The number of Topliss-reactive ketones (excluding diaryl/α,β-unsaturated/α-hetero) is 1. The first-order valence-electron chi connectivity index (χ1n) is 4.45. The van der Waals surface area contributed by atoms with Crippen LogP contribution in [0.1, 0.15) is 32.6 Å². The zero-order chi connectivity index (χ0) is 8.82. The normalized spacial score (nSPS) is 38.7. The Balaban J connectivity index is 2.04. The Morgan fingerprint density at radius 1 is 1.50 bits per heavy atom. The van der Waals surface area contributed by atoms with Gasteiger partial charge in [-0.2, -0.15) is 0 Å². The van der Waals surface area contributed by atoms with Crippen molar-refractivity contribution in [1.82, 2.24) is 0 Å². The molecule has 2 rings (SSSR count). The smallest absolute Gasteiger partial charge is 0.133 e. The summed E-state index contributed by atoms with van der Waals surface area (Å²) in [6.45, 7) is 1.99. The van der Waals surface area contributed by atoms with E-state index in [9.17, 15) is 4.79 Å². The SMILES string of the molecule is C[C@]1(CO)OC12CCC(=O)CC2. The Hall–Kier alpha value is -0.410. The molecular weight excluding hydrogens is 156 g/mol.